The molecule has 6 heteroatoms. The van der Waals surface area contributed by atoms with Gasteiger partial charge in [0.1, 0.15) is 0 Å². The molecule has 0 atom stereocenters. The summed E-state index contributed by atoms with van der Waals surface area (Å²) in [5.74, 6) is -0.410. The maximum Gasteiger partial charge on any atom is 0.277 e. The van der Waals surface area contributed by atoms with Crippen LogP contribution in [0.2, 0.25) is 5.02 Å². The van der Waals surface area contributed by atoms with Gasteiger partial charge in [-0.2, -0.15) is 5.10 Å². The van der Waals surface area contributed by atoms with E-state index in [0.29, 0.717) is 16.3 Å². The zero-order valence-electron chi connectivity index (χ0n) is 10.5. The summed E-state index contributed by atoms with van der Waals surface area (Å²) in [5, 5.41) is 6.93. The van der Waals surface area contributed by atoms with Gasteiger partial charge in [-0.3, -0.25) is 14.3 Å². The summed E-state index contributed by atoms with van der Waals surface area (Å²) in [6.07, 6.45) is 1.55. The summed E-state index contributed by atoms with van der Waals surface area (Å²) >= 11 is 5.88. The first-order valence-corrected chi connectivity index (χ1v) is 5.96. The lowest BCUT2D eigenvalue weighted by molar-refractivity contribution is 0.101. The molecule has 0 aliphatic carbocycles. The van der Waals surface area contributed by atoms with Crippen LogP contribution in [0.25, 0.3) is 0 Å². The van der Waals surface area contributed by atoms with Gasteiger partial charge in [0.15, 0.2) is 11.5 Å². The third-order valence-corrected chi connectivity index (χ3v) is 2.83. The standard InChI is InChI=1S/C13H12ClN3O2/c1-8(18)9-3-5-10(6-4-9)15-13(19)12-11(14)7-17(2)16-12/h3-7H,1-2H3,(H,15,19). The number of carbonyl (C=O) groups is 2. The van der Waals surface area contributed by atoms with Crippen molar-refractivity contribution in [3.8, 4) is 0 Å². The van der Waals surface area contributed by atoms with Crippen LogP contribution < -0.4 is 5.32 Å². The third-order valence-electron chi connectivity index (χ3n) is 2.55. The number of aromatic nitrogens is 2. The summed E-state index contributed by atoms with van der Waals surface area (Å²) in [5.41, 5.74) is 1.34. The maximum atomic E-state index is 11.9. The molecule has 0 fully saturated rings. The fourth-order valence-corrected chi connectivity index (χ4v) is 1.86. The van der Waals surface area contributed by atoms with E-state index in [0.717, 1.165) is 0 Å². The van der Waals surface area contributed by atoms with Gasteiger partial charge >= 0.3 is 0 Å². The normalized spacial score (nSPS) is 10.3. The highest BCUT2D eigenvalue weighted by molar-refractivity contribution is 6.34. The minimum absolute atomic E-state index is 0.0225. The molecule has 5 nitrogen and oxygen atoms in total. The lowest BCUT2D eigenvalue weighted by Gasteiger charge is -2.04. The molecule has 1 aromatic heterocycles. The Balaban J connectivity index is 2.15. The molecule has 1 aromatic carbocycles. The average Bonchev–Trinajstić information content (AvgIpc) is 2.69. The summed E-state index contributed by atoms with van der Waals surface area (Å²) in [4.78, 5) is 23.1. The van der Waals surface area contributed by atoms with Gasteiger partial charge < -0.3 is 5.32 Å². The molecule has 0 aliphatic heterocycles. The van der Waals surface area contributed by atoms with Crippen LogP contribution in [-0.2, 0) is 7.05 Å². The summed E-state index contributed by atoms with van der Waals surface area (Å²) in [6.45, 7) is 1.49. The Morgan fingerprint density at radius 2 is 1.89 bits per heavy atom. The zero-order chi connectivity index (χ0) is 14.0. The summed E-state index contributed by atoms with van der Waals surface area (Å²) in [6, 6.07) is 6.62. The Bertz CT molecular complexity index is 632. The predicted octanol–water partition coefficient (Wildman–Crippen LogP) is 2.53. The Labute approximate surface area is 115 Å². The molecular weight excluding hydrogens is 266 g/mol. The smallest absolute Gasteiger partial charge is 0.277 e. The third kappa shape index (κ3) is 3.00. The van der Waals surface area contributed by atoms with Crippen molar-refractivity contribution in [1.29, 1.82) is 0 Å². The summed E-state index contributed by atoms with van der Waals surface area (Å²) < 4.78 is 1.47. The zero-order valence-corrected chi connectivity index (χ0v) is 11.2. The Hall–Kier alpha value is -2.14. The van der Waals surface area contributed by atoms with Crippen molar-refractivity contribution in [3.63, 3.8) is 0 Å². The number of anilines is 1. The number of Topliss-reactive ketones (excluding diaryl/α,β-unsaturated/α-hetero) is 1. The highest BCUT2D eigenvalue weighted by Crippen LogP contribution is 2.16. The fourth-order valence-electron chi connectivity index (χ4n) is 1.59. The predicted molar refractivity (Wildman–Crippen MR) is 72.6 cm³/mol. The molecule has 0 saturated heterocycles. The number of carbonyl (C=O) groups excluding carboxylic acids is 2. The van der Waals surface area contributed by atoms with Crippen molar-refractivity contribution in [2.75, 3.05) is 5.32 Å². The monoisotopic (exact) mass is 277 g/mol. The van der Waals surface area contributed by atoms with E-state index < -0.39 is 0 Å². The van der Waals surface area contributed by atoms with Gasteiger partial charge in [-0.25, -0.2) is 0 Å². The van der Waals surface area contributed by atoms with Gasteiger partial charge in [0.05, 0.1) is 5.02 Å². The van der Waals surface area contributed by atoms with E-state index in [9.17, 15) is 9.59 Å². The number of amides is 1. The topological polar surface area (TPSA) is 64.0 Å². The van der Waals surface area contributed by atoms with E-state index in [-0.39, 0.29) is 17.4 Å². The minimum Gasteiger partial charge on any atom is -0.321 e. The number of hydrogen-bond donors (Lipinski definition) is 1. The van der Waals surface area contributed by atoms with Crippen LogP contribution in [0.4, 0.5) is 5.69 Å². The minimum atomic E-state index is -0.388. The highest BCUT2D eigenvalue weighted by atomic mass is 35.5. The second kappa shape index (κ2) is 5.24. The molecule has 2 rings (SSSR count). The molecule has 0 radical (unpaired) electrons. The van der Waals surface area contributed by atoms with E-state index in [4.69, 9.17) is 11.6 Å². The number of hydrogen-bond acceptors (Lipinski definition) is 3. The number of nitrogens with zero attached hydrogens (tertiary/aromatic N) is 2. The SMILES string of the molecule is CC(=O)c1ccc(NC(=O)c2nn(C)cc2Cl)cc1. The van der Waals surface area contributed by atoms with Gasteiger partial charge in [0.25, 0.3) is 5.91 Å². The number of benzene rings is 1. The highest BCUT2D eigenvalue weighted by Gasteiger charge is 2.14. The Morgan fingerprint density at radius 1 is 1.26 bits per heavy atom. The Kier molecular flexibility index (Phi) is 3.66. The average molecular weight is 278 g/mol. The molecule has 0 spiro atoms. The molecule has 0 aliphatic rings. The second-order valence-corrected chi connectivity index (χ2v) is 4.49. The number of nitrogens with one attached hydrogen (secondary N) is 1. The molecule has 0 saturated carbocycles. The number of aryl methyl sites for hydroxylation is 1. The van der Waals surface area contributed by atoms with Crippen molar-refractivity contribution >= 4 is 29.0 Å². The van der Waals surface area contributed by atoms with Crippen LogP contribution in [0, 0.1) is 0 Å². The number of ketones is 1. The van der Waals surface area contributed by atoms with E-state index in [1.165, 1.54) is 11.6 Å². The van der Waals surface area contributed by atoms with Gasteiger partial charge in [0, 0.05) is 24.5 Å². The lowest BCUT2D eigenvalue weighted by atomic mass is 10.1. The van der Waals surface area contributed by atoms with Crippen LogP contribution in [0.5, 0.6) is 0 Å². The molecule has 1 N–H and O–H groups in total. The van der Waals surface area contributed by atoms with E-state index in [1.807, 2.05) is 0 Å². The number of halogens is 1. The molecule has 0 unspecified atom stereocenters. The van der Waals surface area contributed by atoms with Gasteiger partial charge in [-0.05, 0) is 31.2 Å². The maximum absolute atomic E-state index is 11.9. The Morgan fingerprint density at radius 3 is 2.37 bits per heavy atom. The largest absolute Gasteiger partial charge is 0.321 e. The first kappa shape index (κ1) is 13.3. The van der Waals surface area contributed by atoms with E-state index in [1.54, 1.807) is 37.5 Å². The molecule has 98 valence electrons. The van der Waals surface area contributed by atoms with Gasteiger partial charge in [0.2, 0.25) is 0 Å². The van der Waals surface area contributed by atoms with Gasteiger partial charge in [-0.1, -0.05) is 11.6 Å². The molecular formula is C13H12ClN3O2. The van der Waals surface area contributed by atoms with Crippen molar-refractivity contribution in [2.24, 2.45) is 7.05 Å². The van der Waals surface area contributed by atoms with Crippen molar-refractivity contribution in [3.05, 3.63) is 46.7 Å². The quantitative estimate of drug-likeness (QED) is 0.877. The van der Waals surface area contributed by atoms with E-state index >= 15 is 0 Å². The molecule has 19 heavy (non-hydrogen) atoms. The van der Waals surface area contributed by atoms with Crippen LogP contribution in [0.15, 0.2) is 30.5 Å². The first-order chi connectivity index (χ1) is 8.97. The van der Waals surface area contributed by atoms with Crippen molar-refractivity contribution in [2.45, 2.75) is 6.92 Å². The fraction of sp³-hybridized carbons (Fsp3) is 0.154. The molecule has 0 bridgehead atoms. The number of rotatable bonds is 3. The second-order valence-electron chi connectivity index (χ2n) is 4.09. The lowest BCUT2D eigenvalue weighted by Crippen LogP contribution is -2.13. The molecule has 1 heterocycles. The molecule has 1 amide bonds. The van der Waals surface area contributed by atoms with Crippen molar-refractivity contribution < 1.29 is 9.59 Å². The van der Waals surface area contributed by atoms with Gasteiger partial charge in [-0.15, -0.1) is 0 Å². The van der Waals surface area contributed by atoms with Crippen LogP contribution in [-0.4, -0.2) is 21.5 Å². The van der Waals surface area contributed by atoms with Crippen molar-refractivity contribution in [1.82, 2.24) is 9.78 Å². The van der Waals surface area contributed by atoms with Crippen LogP contribution >= 0.6 is 11.6 Å². The molecule has 2 aromatic rings. The first-order valence-electron chi connectivity index (χ1n) is 5.59. The van der Waals surface area contributed by atoms with E-state index in [2.05, 4.69) is 10.4 Å². The van der Waals surface area contributed by atoms with Crippen LogP contribution in [0.3, 0.4) is 0 Å². The summed E-state index contributed by atoms with van der Waals surface area (Å²) in [7, 11) is 1.68. The van der Waals surface area contributed by atoms with Crippen LogP contribution in [0.1, 0.15) is 27.8 Å².